The van der Waals surface area contributed by atoms with Gasteiger partial charge in [-0.2, -0.15) is 5.26 Å². The summed E-state index contributed by atoms with van der Waals surface area (Å²) in [5.41, 5.74) is 0.228. The molecule has 1 heterocycles. The van der Waals surface area contributed by atoms with Gasteiger partial charge in [0.15, 0.2) is 0 Å². The molecule has 1 unspecified atom stereocenters. The van der Waals surface area contributed by atoms with Crippen LogP contribution in [0.3, 0.4) is 0 Å². The average Bonchev–Trinajstić information content (AvgIpc) is 2.80. The van der Waals surface area contributed by atoms with Crippen molar-refractivity contribution in [2.24, 2.45) is 5.92 Å². The Hall–Kier alpha value is -1.49. The largest absolute Gasteiger partial charge is 0.494 e. The summed E-state index contributed by atoms with van der Waals surface area (Å²) >= 11 is 1.52. The highest BCUT2D eigenvalue weighted by atomic mass is 32.2. The third-order valence-corrected chi connectivity index (χ3v) is 6.24. The van der Waals surface area contributed by atoms with Crippen molar-refractivity contribution in [3.05, 3.63) is 24.3 Å². The molecule has 1 aromatic rings. The molecule has 1 N–H and O–H groups in total. The Bertz CT molecular complexity index is 682. The minimum Gasteiger partial charge on any atom is -0.399 e. The molecule has 5 nitrogen and oxygen atoms in total. The van der Waals surface area contributed by atoms with Crippen LogP contribution in [0.25, 0.3) is 0 Å². The fourth-order valence-electron chi connectivity index (χ4n) is 2.72. The van der Waals surface area contributed by atoms with E-state index in [1.54, 1.807) is 0 Å². The molecule has 7 heteroatoms. The van der Waals surface area contributed by atoms with Crippen molar-refractivity contribution < 1.29 is 14.1 Å². The number of carbonyl (C=O) groups is 1. The van der Waals surface area contributed by atoms with E-state index in [2.05, 4.69) is 19.2 Å². The molecule has 0 saturated carbocycles. The Morgan fingerprint density at radius 3 is 2.22 bits per heavy atom. The van der Waals surface area contributed by atoms with Crippen LogP contribution in [0.2, 0.25) is 0 Å². The van der Waals surface area contributed by atoms with Crippen molar-refractivity contribution in [1.82, 2.24) is 5.32 Å². The number of nitrogens with zero attached hydrogens (tertiary/aromatic N) is 1. The lowest BCUT2D eigenvalue weighted by Crippen LogP contribution is -2.41. The van der Waals surface area contributed by atoms with Crippen molar-refractivity contribution in [2.75, 3.05) is 6.54 Å². The van der Waals surface area contributed by atoms with Crippen LogP contribution in [-0.2, 0) is 14.1 Å². The molecule has 1 aromatic carbocycles. The lowest BCUT2D eigenvalue weighted by molar-refractivity contribution is -0.120. The minimum atomic E-state index is -0.389. The number of hydrogen-bond donors (Lipinski definition) is 1. The first-order valence-electron chi connectivity index (χ1n) is 9.32. The van der Waals surface area contributed by atoms with Crippen LogP contribution in [0.4, 0.5) is 0 Å². The van der Waals surface area contributed by atoms with Crippen molar-refractivity contribution in [1.29, 1.82) is 5.26 Å². The normalized spacial score (nSPS) is 19.0. The third kappa shape index (κ3) is 5.50. The molecule has 1 aliphatic rings. The SMILES string of the molecule is CC(C)CC(Sc1ccc(B2OC(C)(C)C(C)(C)O2)cc1)C(=O)NCC#N. The smallest absolute Gasteiger partial charge is 0.399 e. The number of thioether (sulfide) groups is 1. The van der Waals surface area contributed by atoms with E-state index in [-0.39, 0.29) is 36.0 Å². The number of hydrogen-bond acceptors (Lipinski definition) is 5. The van der Waals surface area contributed by atoms with Gasteiger partial charge in [-0.1, -0.05) is 26.0 Å². The maximum atomic E-state index is 12.3. The fourth-order valence-corrected chi connectivity index (χ4v) is 4.02. The molecule has 0 spiro atoms. The first kappa shape index (κ1) is 21.8. The summed E-state index contributed by atoms with van der Waals surface area (Å²) in [7, 11) is -0.389. The second-order valence-corrected chi connectivity index (χ2v) is 9.55. The molecule has 146 valence electrons. The number of nitriles is 1. The van der Waals surface area contributed by atoms with Crippen LogP contribution in [0.5, 0.6) is 0 Å². The lowest BCUT2D eigenvalue weighted by Gasteiger charge is -2.32. The first-order valence-corrected chi connectivity index (χ1v) is 10.2. The van der Waals surface area contributed by atoms with Gasteiger partial charge in [0.25, 0.3) is 0 Å². The van der Waals surface area contributed by atoms with Crippen LogP contribution in [0, 0.1) is 17.2 Å². The molecule has 0 aromatic heterocycles. The molecule has 0 aliphatic carbocycles. The first-order chi connectivity index (χ1) is 12.6. The monoisotopic (exact) mass is 388 g/mol. The van der Waals surface area contributed by atoms with Crippen LogP contribution in [0.15, 0.2) is 29.2 Å². The summed E-state index contributed by atoms with van der Waals surface area (Å²) < 4.78 is 12.2. The van der Waals surface area contributed by atoms with E-state index in [0.717, 1.165) is 16.8 Å². The van der Waals surface area contributed by atoms with Crippen molar-refractivity contribution in [2.45, 2.75) is 69.3 Å². The van der Waals surface area contributed by atoms with Gasteiger partial charge in [-0.15, -0.1) is 11.8 Å². The Labute approximate surface area is 167 Å². The van der Waals surface area contributed by atoms with Gasteiger partial charge < -0.3 is 14.6 Å². The zero-order valence-electron chi connectivity index (χ0n) is 17.0. The number of benzene rings is 1. The summed E-state index contributed by atoms with van der Waals surface area (Å²) in [6.07, 6.45) is 0.751. The number of carbonyl (C=O) groups excluding carboxylic acids is 1. The van der Waals surface area contributed by atoms with Crippen LogP contribution < -0.4 is 10.8 Å². The van der Waals surface area contributed by atoms with E-state index in [9.17, 15) is 4.79 Å². The van der Waals surface area contributed by atoms with Gasteiger partial charge in [0.05, 0.1) is 22.5 Å². The Morgan fingerprint density at radius 1 is 1.19 bits per heavy atom. The van der Waals surface area contributed by atoms with Gasteiger partial charge in [-0.25, -0.2) is 0 Å². The van der Waals surface area contributed by atoms with Crippen LogP contribution >= 0.6 is 11.8 Å². The predicted molar refractivity (Wildman–Crippen MR) is 110 cm³/mol. The fraction of sp³-hybridized carbons (Fsp3) is 0.600. The van der Waals surface area contributed by atoms with Gasteiger partial charge >= 0.3 is 7.12 Å². The maximum Gasteiger partial charge on any atom is 0.494 e. The number of nitrogens with one attached hydrogen (secondary N) is 1. The number of rotatable bonds is 7. The van der Waals surface area contributed by atoms with Crippen LogP contribution in [-0.4, -0.2) is 36.0 Å². The summed E-state index contributed by atoms with van der Waals surface area (Å²) in [6, 6.07) is 9.93. The molecule has 1 aliphatic heterocycles. The van der Waals surface area contributed by atoms with Crippen molar-refractivity contribution in [3.63, 3.8) is 0 Å². The second kappa shape index (κ2) is 8.68. The zero-order chi connectivity index (χ0) is 20.2. The molecule has 1 amide bonds. The highest BCUT2D eigenvalue weighted by molar-refractivity contribution is 8.00. The maximum absolute atomic E-state index is 12.3. The Kier molecular flexibility index (Phi) is 7.01. The summed E-state index contributed by atoms with van der Waals surface area (Å²) in [6.45, 7) is 12.4. The second-order valence-electron chi connectivity index (χ2n) is 8.27. The summed E-state index contributed by atoms with van der Waals surface area (Å²) in [4.78, 5) is 13.3. The van der Waals surface area contributed by atoms with E-state index < -0.39 is 0 Å². The van der Waals surface area contributed by atoms with E-state index in [1.807, 2.05) is 58.0 Å². The lowest BCUT2D eigenvalue weighted by atomic mass is 9.79. The van der Waals surface area contributed by atoms with Crippen molar-refractivity contribution >= 4 is 30.3 Å². The molecule has 2 rings (SSSR count). The molecule has 0 radical (unpaired) electrons. The number of amides is 1. The van der Waals surface area contributed by atoms with Gasteiger partial charge in [0.2, 0.25) is 5.91 Å². The molecule has 1 atom stereocenters. The zero-order valence-corrected chi connectivity index (χ0v) is 17.9. The standard InChI is InChI=1S/C20H29BN2O3S/c1-14(2)13-17(18(24)23-12-11-22)27-16-9-7-15(8-10-16)21-25-19(3,4)20(5,6)26-21/h7-10,14,17H,12-13H2,1-6H3,(H,23,24). The third-order valence-electron chi connectivity index (χ3n) is 5.00. The van der Waals surface area contributed by atoms with Gasteiger partial charge in [-0.3, -0.25) is 4.79 Å². The topological polar surface area (TPSA) is 71.3 Å². The molecular weight excluding hydrogens is 359 g/mol. The van der Waals surface area contributed by atoms with E-state index >= 15 is 0 Å². The molecular formula is C20H29BN2O3S. The van der Waals surface area contributed by atoms with Gasteiger partial charge in [0, 0.05) is 4.90 Å². The van der Waals surface area contributed by atoms with E-state index in [0.29, 0.717) is 5.92 Å². The Balaban J connectivity index is 2.07. The quantitative estimate of drug-likeness (QED) is 0.442. The van der Waals surface area contributed by atoms with Gasteiger partial charge in [-0.05, 0) is 57.6 Å². The molecule has 1 fully saturated rings. The molecule has 27 heavy (non-hydrogen) atoms. The average molecular weight is 388 g/mol. The van der Waals surface area contributed by atoms with Gasteiger partial charge in [0.1, 0.15) is 6.54 Å². The van der Waals surface area contributed by atoms with E-state index in [1.165, 1.54) is 11.8 Å². The summed E-state index contributed by atoms with van der Waals surface area (Å²) in [5, 5.41) is 11.1. The Morgan fingerprint density at radius 2 is 1.74 bits per heavy atom. The minimum absolute atomic E-state index is 0.0366. The highest BCUT2D eigenvalue weighted by Gasteiger charge is 2.51. The predicted octanol–water partition coefficient (Wildman–Crippen LogP) is 3.13. The summed E-state index contributed by atoms with van der Waals surface area (Å²) in [5.74, 6) is 0.296. The van der Waals surface area contributed by atoms with E-state index in [4.69, 9.17) is 14.6 Å². The van der Waals surface area contributed by atoms with Crippen molar-refractivity contribution in [3.8, 4) is 6.07 Å². The molecule has 0 bridgehead atoms. The highest BCUT2D eigenvalue weighted by Crippen LogP contribution is 2.36. The molecule has 1 saturated heterocycles. The van der Waals surface area contributed by atoms with Crippen LogP contribution in [0.1, 0.15) is 48.0 Å².